The van der Waals surface area contributed by atoms with Crippen LogP contribution in [0.3, 0.4) is 0 Å². The Morgan fingerprint density at radius 3 is 2.89 bits per heavy atom. The van der Waals surface area contributed by atoms with Crippen molar-refractivity contribution in [3.8, 4) is 0 Å². The van der Waals surface area contributed by atoms with Crippen LogP contribution in [0.5, 0.6) is 0 Å². The highest BCUT2D eigenvalue weighted by Crippen LogP contribution is 2.15. The van der Waals surface area contributed by atoms with Crippen molar-refractivity contribution in [2.45, 2.75) is 32.9 Å². The van der Waals surface area contributed by atoms with Gasteiger partial charge in [-0.15, -0.1) is 0 Å². The summed E-state index contributed by atoms with van der Waals surface area (Å²) in [6, 6.07) is 0.349. The van der Waals surface area contributed by atoms with E-state index in [4.69, 9.17) is 0 Å². The Hall–Kier alpha value is -1.62. The first-order valence-corrected chi connectivity index (χ1v) is 6.36. The van der Waals surface area contributed by atoms with Gasteiger partial charge in [-0.2, -0.15) is 5.10 Å². The van der Waals surface area contributed by atoms with E-state index < -0.39 is 0 Å². The van der Waals surface area contributed by atoms with Crippen molar-refractivity contribution in [3.63, 3.8) is 0 Å². The van der Waals surface area contributed by atoms with Crippen LogP contribution in [0, 0.1) is 6.92 Å². The minimum absolute atomic E-state index is 0.349. The third-order valence-electron chi connectivity index (χ3n) is 3.12. The molecule has 1 atom stereocenters. The van der Waals surface area contributed by atoms with E-state index in [0.717, 1.165) is 25.2 Å². The van der Waals surface area contributed by atoms with E-state index >= 15 is 0 Å². The Bertz CT molecular complexity index is 472. The van der Waals surface area contributed by atoms with Crippen LogP contribution in [-0.2, 0) is 13.6 Å². The molecule has 1 N–H and O–H groups in total. The maximum Gasteiger partial charge on any atom is 0.0945 e. The van der Waals surface area contributed by atoms with Gasteiger partial charge in [0.25, 0.3) is 0 Å². The predicted molar refractivity (Wildman–Crippen MR) is 71.2 cm³/mol. The van der Waals surface area contributed by atoms with Crippen molar-refractivity contribution in [2.75, 3.05) is 6.54 Å². The lowest BCUT2D eigenvalue weighted by Crippen LogP contribution is -2.21. The fraction of sp³-hybridized carbons (Fsp3) is 0.538. The first-order valence-electron chi connectivity index (χ1n) is 6.36. The summed E-state index contributed by atoms with van der Waals surface area (Å²) in [4.78, 5) is 4.03. The molecule has 2 rings (SSSR count). The van der Waals surface area contributed by atoms with Crippen LogP contribution in [0.2, 0.25) is 0 Å². The number of nitrogens with one attached hydrogen (secondary N) is 1. The van der Waals surface area contributed by atoms with Crippen molar-refractivity contribution >= 4 is 0 Å². The summed E-state index contributed by atoms with van der Waals surface area (Å²) in [6.07, 6.45) is 8.85. The quantitative estimate of drug-likeness (QED) is 0.790. The molecule has 0 spiro atoms. The van der Waals surface area contributed by atoms with Crippen LogP contribution in [0.15, 0.2) is 24.9 Å². The number of nitrogens with zero attached hydrogens (tertiary/aromatic N) is 4. The molecule has 0 saturated heterocycles. The maximum atomic E-state index is 4.37. The van der Waals surface area contributed by atoms with E-state index in [1.807, 2.05) is 30.5 Å². The molecule has 0 radical (unpaired) electrons. The molecule has 1 unspecified atom stereocenters. The SMILES string of the molecule is Cc1nn(C)cc1C(C)NCCCn1ccnc1. The fourth-order valence-corrected chi connectivity index (χ4v) is 2.15. The zero-order valence-electron chi connectivity index (χ0n) is 11.3. The number of hydrogen-bond acceptors (Lipinski definition) is 3. The molecule has 0 amide bonds. The van der Waals surface area contributed by atoms with Gasteiger partial charge in [-0.3, -0.25) is 4.68 Å². The summed E-state index contributed by atoms with van der Waals surface area (Å²) in [5.74, 6) is 0. The Kier molecular flexibility index (Phi) is 4.15. The Morgan fingerprint density at radius 2 is 2.28 bits per heavy atom. The summed E-state index contributed by atoms with van der Waals surface area (Å²) in [6.45, 7) is 6.24. The van der Waals surface area contributed by atoms with E-state index in [-0.39, 0.29) is 0 Å². The minimum atomic E-state index is 0.349. The second-order valence-electron chi connectivity index (χ2n) is 4.67. The van der Waals surface area contributed by atoms with Crippen LogP contribution in [-0.4, -0.2) is 25.9 Å². The van der Waals surface area contributed by atoms with Crippen molar-refractivity contribution in [1.82, 2.24) is 24.6 Å². The van der Waals surface area contributed by atoms with Gasteiger partial charge in [0.15, 0.2) is 0 Å². The number of rotatable bonds is 6. The van der Waals surface area contributed by atoms with Gasteiger partial charge in [-0.1, -0.05) is 0 Å². The molecule has 0 saturated carbocycles. The lowest BCUT2D eigenvalue weighted by molar-refractivity contribution is 0.525. The van der Waals surface area contributed by atoms with Crippen LogP contribution < -0.4 is 5.32 Å². The van der Waals surface area contributed by atoms with Crippen molar-refractivity contribution in [1.29, 1.82) is 0 Å². The summed E-state index contributed by atoms with van der Waals surface area (Å²) in [7, 11) is 1.96. The molecule has 98 valence electrons. The Labute approximate surface area is 108 Å². The third-order valence-corrected chi connectivity index (χ3v) is 3.12. The van der Waals surface area contributed by atoms with Crippen LogP contribution in [0.4, 0.5) is 0 Å². The largest absolute Gasteiger partial charge is 0.337 e. The zero-order valence-corrected chi connectivity index (χ0v) is 11.3. The molecule has 5 heteroatoms. The minimum Gasteiger partial charge on any atom is -0.337 e. The standard InChI is InChI=1S/C13H21N5/c1-11(13-9-17(3)16-12(13)2)15-5-4-7-18-8-6-14-10-18/h6,8-11,15H,4-5,7H2,1-3H3. The van der Waals surface area contributed by atoms with Gasteiger partial charge in [-0.25, -0.2) is 4.98 Å². The fourth-order valence-electron chi connectivity index (χ4n) is 2.15. The van der Waals surface area contributed by atoms with Gasteiger partial charge in [-0.05, 0) is 26.8 Å². The third kappa shape index (κ3) is 3.20. The lowest BCUT2D eigenvalue weighted by atomic mass is 10.1. The molecule has 0 aromatic carbocycles. The summed E-state index contributed by atoms with van der Waals surface area (Å²) in [5.41, 5.74) is 2.38. The average molecular weight is 247 g/mol. The normalized spacial score (nSPS) is 12.8. The molecule has 0 aliphatic carbocycles. The lowest BCUT2D eigenvalue weighted by Gasteiger charge is -2.13. The zero-order chi connectivity index (χ0) is 13.0. The van der Waals surface area contributed by atoms with Crippen molar-refractivity contribution < 1.29 is 0 Å². The van der Waals surface area contributed by atoms with Crippen molar-refractivity contribution in [2.24, 2.45) is 7.05 Å². The molecular formula is C13H21N5. The molecule has 5 nitrogen and oxygen atoms in total. The smallest absolute Gasteiger partial charge is 0.0945 e. The second-order valence-corrected chi connectivity index (χ2v) is 4.67. The first-order chi connectivity index (χ1) is 8.66. The summed E-state index contributed by atoms with van der Waals surface area (Å²) < 4.78 is 3.97. The summed E-state index contributed by atoms with van der Waals surface area (Å²) in [5, 5.41) is 7.89. The molecule has 0 fully saturated rings. The molecule has 0 bridgehead atoms. The van der Waals surface area contributed by atoms with Crippen LogP contribution in [0.1, 0.15) is 30.6 Å². The average Bonchev–Trinajstić information content (AvgIpc) is 2.94. The number of aryl methyl sites for hydroxylation is 3. The van der Waals surface area contributed by atoms with Crippen LogP contribution in [0.25, 0.3) is 0 Å². The van der Waals surface area contributed by atoms with E-state index in [1.54, 1.807) is 0 Å². The second kappa shape index (κ2) is 5.82. The highest BCUT2D eigenvalue weighted by molar-refractivity contribution is 5.19. The maximum absolute atomic E-state index is 4.37. The topological polar surface area (TPSA) is 47.7 Å². The van der Waals surface area contributed by atoms with Crippen LogP contribution >= 0.6 is 0 Å². The van der Waals surface area contributed by atoms with E-state index in [9.17, 15) is 0 Å². The van der Waals surface area contributed by atoms with Gasteiger partial charge in [0, 0.05) is 43.8 Å². The highest BCUT2D eigenvalue weighted by Gasteiger charge is 2.10. The van der Waals surface area contributed by atoms with Gasteiger partial charge < -0.3 is 9.88 Å². The number of hydrogen-bond donors (Lipinski definition) is 1. The molecule has 2 heterocycles. The van der Waals surface area contributed by atoms with Gasteiger partial charge in [0.1, 0.15) is 0 Å². The number of imidazole rings is 1. The van der Waals surface area contributed by atoms with E-state index in [2.05, 4.69) is 40.0 Å². The monoisotopic (exact) mass is 247 g/mol. The van der Waals surface area contributed by atoms with Gasteiger partial charge in [0.2, 0.25) is 0 Å². The first kappa shape index (κ1) is 12.8. The molecule has 2 aromatic rings. The predicted octanol–water partition coefficient (Wildman–Crippen LogP) is 1.67. The Balaban J connectivity index is 1.75. The molecule has 18 heavy (non-hydrogen) atoms. The number of aromatic nitrogens is 4. The summed E-state index contributed by atoms with van der Waals surface area (Å²) >= 11 is 0. The van der Waals surface area contributed by atoms with Gasteiger partial charge >= 0.3 is 0 Å². The molecule has 2 aromatic heterocycles. The molecule has 0 aliphatic heterocycles. The Morgan fingerprint density at radius 1 is 1.44 bits per heavy atom. The molecule has 0 aliphatic rings. The van der Waals surface area contributed by atoms with Gasteiger partial charge in [0.05, 0.1) is 12.0 Å². The van der Waals surface area contributed by atoms with Crippen molar-refractivity contribution in [3.05, 3.63) is 36.2 Å². The highest BCUT2D eigenvalue weighted by atomic mass is 15.3. The van der Waals surface area contributed by atoms with E-state index in [1.165, 1.54) is 5.56 Å². The van der Waals surface area contributed by atoms with E-state index in [0.29, 0.717) is 6.04 Å². The molecular weight excluding hydrogens is 226 g/mol.